The molecule has 1 saturated carbocycles. The predicted octanol–water partition coefficient (Wildman–Crippen LogP) is 3.48. The maximum Gasteiger partial charge on any atom is 0.265 e. The van der Waals surface area contributed by atoms with Gasteiger partial charge in [-0.25, -0.2) is 0 Å². The van der Waals surface area contributed by atoms with Crippen LogP contribution in [0.2, 0.25) is 0 Å². The van der Waals surface area contributed by atoms with Crippen LogP contribution in [0.5, 0.6) is 0 Å². The smallest absolute Gasteiger partial charge is 0.265 e. The molecule has 0 spiro atoms. The maximum absolute atomic E-state index is 13.5. The fourth-order valence-corrected chi connectivity index (χ4v) is 4.98. The van der Waals surface area contributed by atoms with Crippen LogP contribution in [-0.4, -0.2) is 22.3 Å². The summed E-state index contributed by atoms with van der Waals surface area (Å²) in [4.78, 5) is 27.8. The van der Waals surface area contributed by atoms with Crippen LogP contribution in [0.15, 0.2) is 18.2 Å². The lowest BCUT2D eigenvalue weighted by Crippen LogP contribution is -2.54. The number of nitrogens with zero attached hydrogens (tertiary/aromatic N) is 1. The van der Waals surface area contributed by atoms with E-state index in [0.29, 0.717) is 18.4 Å². The van der Waals surface area contributed by atoms with E-state index >= 15 is 0 Å². The van der Waals surface area contributed by atoms with Crippen LogP contribution in [0.25, 0.3) is 5.57 Å². The Morgan fingerprint density at radius 1 is 1.16 bits per heavy atom. The van der Waals surface area contributed by atoms with Crippen molar-refractivity contribution >= 4 is 23.0 Å². The number of aryl methyl sites for hydroxylation is 1. The Hall–Kier alpha value is -1.94. The number of benzene rings is 1. The van der Waals surface area contributed by atoms with Gasteiger partial charge in [0.2, 0.25) is 0 Å². The molecule has 2 aliphatic heterocycles. The second kappa shape index (κ2) is 5.04. The molecule has 25 heavy (non-hydrogen) atoms. The zero-order valence-corrected chi connectivity index (χ0v) is 15.3. The van der Waals surface area contributed by atoms with Gasteiger partial charge in [0.05, 0.1) is 17.1 Å². The first-order chi connectivity index (χ1) is 11.7. The Labute approximate surface area is 148 Å². The molecule has 1 aliphatic carbocycles. The monoisotopic (exact) mass is 339 g/mol. The molecule has 0 aromatic heterocycles. The summed E-state index contributed by atoms with van der Waals surface area (Å²) >= 11 is 0. The van der Waals surface area contributed by atoms with E-state index in [4.69, 9.17) is 0 Å². The van der Waals surface area contributed by atoms with E-state index in [1.807, 2.05) is 33.8 Å². The van der Waals surface area contributed by atoms with Crippen LogP contribution < -0.4 is 4.90 Å². The molecule has 0 saturated heterocycles. The summed E-state index contributed by atoms with van der Waals surface area (Å²) in [5.41, 5.74) is 2.24. The normalized spacial score (nSPS) is 30.4. The van der Waals surface area contributed by atoms with Gasteiger partial charge in [0.15, 0.2) is 5.60 Å². The van der Waals surface area contributed by atoms with Gasteiger partial charge in [-0.15, -0.1) is 0 Å². The van der Waals surface area contributed by atoms with Crippen molar-refractivity contribution in [1.82, 2.24) is 0 Å². The topological polar surface area (TPSA) is 57.6 Å². The highest BCUT2D eigenvalue weighted by Gasteiger charge is 2.60. The Morgan fingerprint density at radius 2 is 1.88 bits per heavy atom. The largest absolute Gasteiger partial charge is 0.375 e. The van der Waals surface area contributed by atoms with E-state index in [1.54, 1.807) is 4.90 Å². The van der Waals surface area contributed by atoms with Crippen LogP contribution in [0, 0.1) is 12.8 Å². The minimum Gasteiger partial charge on any atom is -0.375 e. The van der Waals surface area contributed by atoms with Crippen LogP contribution in [0.4, 0.5) is 5.69 Å². The molecule has 4 heteroatoms. The Bertz CT molecular complexity index is 836. The molecule has 1 fully saturated rings. The van der Waals surface area contributed by atoms with E-state index < -0.39 is 17.1 Å². The standard InChI is InChI=1S/C21H25NO3/c1-12-9-14-13(2)11-20(3,4)22-18(14)16(10-12)21(25,19(22)24)15-7-5-6-8-17(15)23/h9-11,15,25H,5-8H2,1-4H3. The lowest BCUT2D eigenvalue weighted by atomic mass is 9.72. The molecule has 1 N–H and O–H groups in total. The molecule has 3 aliphatic rings. The fourth-order valence-electron chi connectivity index (χ4n) is 4.98. The number of carbonyl (C=O) groups excluding carboxylic acids is 2. The first kappa shape index (κ1) is 16.5. The molecule has 2 unspecified atom stereocenters. The second-order valence-corrected chi connectivity index (χ2v) is 8.36. The first-order valence-electron chi connectivity index (χ1n) is 9.12. The zero-order chi connectivity index (χ0) is 18.1. The highest BCUT2D eigenvalue weighted by molar-refractivity contribution is 6.14. The molecule has 4 rings (SSSR count). The van der Waals surface area contributed by atoms with Gasteiger partial charge < -0.3 is 5.11 Å². The number of Topliss-reactive ketones (excluding diaryl/α,β-unsaturated/α-hetero) is 1. The van der Waals surface area contributed by atoms with Gasteiger partial charge in [0, 0.05) is 17.5 Å². The minimum atomic E-state index is -1.73. The van der Waals surface area contributed by atoms with E-state index in [0.717, 1.165) is 35.2 Å². The number of carbonyl (C=O) groups is 2. The average molecular weight is 339 g/mol. The lowest BCUT2D eigenvalue weighted by molar-refractivity contribution is -0.152. The van der Waals surface area contributed by atoms with E-state index in [1.165, 1.54) is 0 Å². The average Bonchev–Trinajstić information content (AvgIpc) is 2.76. The Kier molecular flexibility index (Phi) is 3.33. The van der Waals surface area contributed by atoms with Crippen LogP contribution in [0.3, 0.4) is 0 Å². The van der Waals surface area contributed by atoms with Crippen molar-refractivity contribution in [3.63, 3.8) is 0 Å². The Balaban J connectivity index is 2.00. The lowest BCUT2D eigenvalue weighted by Gasteiger charge is -2.40. The summed E-state index contributed by atoms with van der Waals surface area (Å²) in [7, 11) is 0. The maximum atomic E-state index is 13.5. The number of hydrogen-bond acceptors (Lipinski definition) is 3. The number of amides is 1. The van der Waals surface area contributed by atoms with Gasteiger partial charge in [-0.1, -0.05) is 18.6 Å². The summed E-state index contributed by atoms with van der Waals surface area (Å²) in [6.07, 6.45) is 4.83. The van der Waals surface area contributed by atoms with Crippen LogP contribution in [0.1, 0.15) is 63.1 Å². The molecule has 0 radical (unpaired) electrons. The molecule has 2 atom stereocenters. The van der Waals surface area contributed by atoms with E-state index in [9.17, 15) is 14.7 Å². The van der Waals surface area contributed by atoms with Gasteiger partial charge in [-0.05, 0) is 57.7 Å². The van der Waals surface area contributed by atoms with Crippen molar-refractivity contribution in [2.24, 2.45) is 5.92 Å². The summed E-state index contributed by atoms with van der Waals surface area (Å²) in [6.45, 7) is 7.98. The Morgan fingerprint density at radius 3 is 2.56 bits per heavy atom. The third kappa shape index (κ3) is 2.03. The highest BCUT2D eigenvalue weighted by Crippen LogP contribution is 2.54. The van der Waals surface area contributed by atoms with Gasteiger partial charge >= 0.3 is 0 Å². The van der Waals surface area contributed by atoms with Crippen LogP contribution in [-0.2, 0) is 15.2 Å². The van der Waals surface area contributed by atoms with Crippen molar-refractivity contribution in [3.05, 3.63) is 34.9 Å². The van der Waals surface area contributed by atoms with Crippen molar-refractivity contribution in [1.29, 1.82) is 0 Å². The number of aliphatic hydroxyl groups is 1. The van der Waals surface area contributed by atoms with E-state index in [-0.39, 0.29) is 11.7 Å². The van der Waals surface area contributed by atoms with Gasteiger partial charge in [0.1, 0.15) is 5.78 Å². The number of rotatable bonds is 1. The molecule has 132 valence electrons. The highest BCUT2D eigenvalue weighted by atomic mass is 16.3. The molecule has 1 amide bonds. The molecule has 0 bridgehead atoms. The summed E-state index contributed by atoms with van der Waals surface area (Å²) < 4.78 is 0. The SMILES string of the molecule is CC1=CC(C)(C)N2C(=O)C(O)(C3CCCCC3=O)c3cc(C)cc1c32. The third-order valence-corrected chi connectivity index (χ3v) is 6.05. The number of anilines is 1. The third-order valence-electron chi connectivity index (χ3n) is 6.05. The van der Waals surface area contributed by atoms with Crippen molar-refractivity contribution in [3.8, 4) is 0 Å². The predicted molar refractivity (Wildman–Crippen MR) is 97.3 cm³/mol. The van der Waals surface area contributed by atoms with Crippen molar-refractivity contribution in [2.45, 2.75) is 64.5 Å². The second-order valence-electron chi connectivity index (χ2n) is 8.36. The number of ketones is 1. The van der Waals surface area contributed by atoms with Crippen molar-refractivity contribution in [2.75, 3.05) is 4.90 Å². The van der Waals surface area contributed by atoms with Gasteiger partial charge in [-0.3, -0.25) is 14.5 Å². The quantitative estimate of drug-likeness (QED) is 0.852. The summed E-state index contributed by atoms with van der Waals surface area (Å²) in [5.74, 6) is -0.968. The number of hydrogen-bond donors (Lipinski definition) is 1. The van der Waals surface area contributed by atoms with Gasteiger partial charge in [-0.2, -0.15) is 0 Å². The minimum absolute atomic E-state index is 0.0136. The number of allylic oxidation sites excluding steroid dienone is 1. The van der Waals surface area contributed by atoms with Crippen molar-refractivity contribution < 1.29 is 14.7 Å². The molecular weight excluding hydrogens is 314 g/mol. The molecular formula is C21H25NO3. The molecule has 1 aromatic carbocycles. The zero-order valence-electron chi connectivity index (χ0n) is 15.3. The first-order valence-corrected chi connectivity index (χ1v) is 9.12. The summed E-state index contributed by atoms with van der Waals surface area (Å²) in [5, 5.41) is 11.7. The van der Waals surface area contributed by atoms with Crippen LogP contribution >= 0.6 is 0 Å². The summed E-state index contributed by atoms with van der Waals surface area (Å²) in [6, 6.07) is 3.96. The molecule has 4 nitrogen and oxygen atoms in total. The fraction of sp³-hybridized carbons (Fsp3) is 0.524. The molecule has 2 heterocycles. The van der Waals surface area contributed by atoms with Gasteiger partial charge in [0.25, 0.3) is 5.91 Å². The van der Waals surface area contributed by atoms with E-state index in [2.05, 4.69) is 12.1 Å². The molecule has 1 aromatic rings.